The van der Waals surface area contributed by atoms with Gasteiger partial charge in [-0.05, 0) is 23.8 Å². The third-order valence-corrected chi connectivity index (χ3v) is 2.75. The van der Waals surface area contributed by atoms with E-state index in [9.17, 15) is 0 Å². The first-order valence-electron chi connectivity index (χ1n) is 5.43. The zero-order valence-corrected chi connectivity index (χ0v) is 10.4. The van der Waals surface area contributed by atoms with Crippen molar-refractivity contribution < 1.29 is 4.74 Å². The lowest BCUT2D eigenvalue weighted by molar-refractivity contribution is 0.306. The second-order valence-corrected chi connectivity index (χ2v) is 4.08. The van der Waals surface area contributed by atoms with E-state index in [-0.39, 0.29) is 0 Å². The molecule has 0 fully saturated rings. The van der Waals surface area contributed by atoms with Crippen LogP contribution in [0.2, 0.25) is 5.02 Å². The Kier molecular flexibility index (Phi) is 3.89. The molecule has 0 saturated heterocycles. The van der Waals surface area contributed by atoms with E-state index in [0.717, 1.165) is 11.3 Å². The summed E-state index contributed by atoms with van der Waals surface area (Å²) < 4.78 is 5.66. The lowest BCUT2D eigenvalue weighted by atomic mass is 10.2. The first-order valence-corrected chi connectivity index (χ1v) is 5.81. The van der Waals surface area contributed by atoms with Crippen molar-refractivity contribution in [2.75, 3.05) is 12.4 Å². The van der Waals surface area contributed by atoms with Gasteiger partial charge in [-0.25, -0.2) is 0 Å². The second-order valence-electron chi connectivity index (χ2n) is 3.67. The molecule has 2 nitrogen and oxygen atoms in total. The number of anilines is 1. The van der Waals surface area contributed by atoms with Crippen molar-refractivity contribution >= 4 is 17.3 Å². The number of ether oxygens (including phenoxy) is 1. The Morgan fingerprint density at radius 2 is 1.88 bits per heavy atom. The molecule has 0 heterocycles. The molecule has 0 spiro atoms. The summed E-state index contributed by atoms with van der Waals surface area (Å²) in [6.07, 6.45) is 0. The quantitative estimate of drug-likeness (QED) is 0.883. The second kappa shape index (κ2) is 5.60. The molecular formula is C14H14ClNO. The number of nitrogens with one attached hydrogen (secondary N) is 1. The summed E-state index contributed by atoms with van der Waals surface area (Å²) in [7, 11) is 1.86. The van der Waals surface area contributed by atoms with E-state index in [1.165, 1.54) is 0 Å². The van der Waals surface area contributed by atoms with E-state index >= 15 is 0 Å². The van der Waals surface area contributed by atoms with Crippen LogP contribution in [0.15, 0.2) is 48.5 Å². The Labute approximate surface area is 106 Å². The highest BCUT2D eigenvalue weighted by atomic mass is 35.5. The Morgan fingerprint density at radius 3 is 2.53 bits per heavy atom. The fourth-order valence-electron chi connectivity index (χ4n) is 1.51. The summed E-state index contributed by atoms with van der Waals surface area (Å²) >= 11 is 6.11. The lowest BCUT2D eigenvalue weighted by Crippen LogP contribution is -1.96. The highest BCUT2D eigenvalue weighted by Crippen LogP contribution is 2.28. The average Bonchev–Trinajstić information content (AvgIpc) is 2.38. The fraction of sp³-hybridized carbons (Fsp3) is 0.143. The van der Waals surface area contributed by atoms with Crippen molar-refractivity contribution in [2.45, 2.75) is 6.61 Å². The van der Waals surface area contributed by atoms with Crippen LogP contribution in [0, 0.1) is 0 Å². The maximum absolute atomic E-state index is 6.11. The number of halogens is 1. The monoisotopic (exact) mass is 247 g/mol. The SMILES string of the molecule is CNc1ccc(OCc2ccccc2)c(Cl)c1. The third kappa shape index (κ3) is 3.14. The molecule has 0 aliphatic heterocycles. The van der Waals surface area contributed by atoms with Gasteiger partial charge in [0, 0.05) is 12.7 Å². The van der Waals surface area contributed by atoms with E-state index < -0.39 is 0 Å². The molecule has 1 N–H and O–H groups in total. The molecule has 0 atom stereocenters. The smallest absolute Gasteiger partial charge is 0.138 e. The normalized spacial score (nSPS) is 10.0. The molecule has 2 aromatic carbocycles. The molecule has 0 aliphatic carbocycles. The Hall–Kier alpha value is -1.67. The number of hydrogen-bond donors (Lipinski definition) is 1. The van der Waals surface area contributed by atoms with Crippen LogP contribution in [0.25, 0.3) is 0 Å². The third-order valence-electron chi connectivity index (χ3n) is 2.46. The first kappa shape index (κ1) is 11.8. The van der Waals surface area contributed by atoms with Gasteiger partial charge in [0.2, 0.25) is 0 Å². The van der Waals surface area contributed by atoms with Crippen molar-refractivity contribution in [1.82, 2.24) is 0 Å². The molecule has 2 rings (SSSR count). The highest BCUT2D eigenvalue weighted by Gasteiger charge is 2.02. The van der Waals surface area contributed by atoms with Gasteiger partial charge in [-0.1, -0.05) is 41.9 Å². The van der Waals surface area contributed by atoms with E-state index in [2.05, 4.69) is 5.32 Å². The van der Waals surface area contributed by atoms with Crippen LogP contribution in [-0.2, 0) is 6.61 Å². The molecule has 0 aromatic heterocycles. The maximum Gasteiger partial charge on any atom is 0.138 e. The van der Waals surface area contributed by atoms with E-state index in [1.807, 2.05) is 55.6 Å². The first-order chi connectivity index (χ1) is 8.29. The maximum atomic E-state index is 6.11. The zero-order chi connectivity index (χ0) is 12.1. The predicted molar refractivity (Wildman–Crippen MR) is 71.8 cm³/mol. The summed E-state index contributed by atoms with van der Waals surface area (Å²) in [5.41, 5.74) is 2.10. The van der Waals surface area contributed by atoms with Gasteiger partial charge in [-0.15, -0.1) is 0 Å². The van der Waals surface area contributed by atoms with Gasteiger partial charge in [0.05, 0.1) is 5.02 Å². The van der Waals surface area contributed by atoms with E-state index in [0.29, 0.717) is 17.4 Å². The predicted octanol–water partition coefficient (Wildman–Crippen LogP) is 3.96. The fourth-order valence-corrected chi connectivity index (χ4v) is 1.74. The van der Waals surface area contributed by atoms with Crippen LogP contribution >= 0.6 is 11.6 Å². The van der Waals surface area contributed by atoms with Crippen LogP contribution in [-0.4, -0.2) is 7.05 Å². The summed E-state index contributed by atoms with van der Waals surface area (Å²) in [6.45, 7) is 0.527. The van der Waals surface area contributed by atoms with Crippen LogP contribution in [0.1, 0.15) is 5.56 Å². The van der Waals surface area contributed by atoms with E-state index in [1.54, 1.807) is 0 Å². The zero-order valence-electron chi connectivity index (χ0n) is 9.61. The van der Waals surface area contributed by atoms with Gasteiger partial charge in [-0.2, -0.15) is 0 Å². The van der Waals surface area contributed by atoms with Gasteiger partial charge in [0.25, 0.3) is 0 Å². The largest absolute Gasteiger partial charge is 0.487 e. The summed E-state index contributed by atoms with van der Waals surface area (Å²) in [5, 5.41) is 3.65. The Balaban J connectivity index is 2.04. The molecule has 2 aromatic rings. The van der Waals surface area contributed by atoms with Crippen molar-refractivity contribution in [3.63, 3.8) is 0 Å². The molecule has 0 aliphatic rings. The molecular weight excluding hydrogens is 234 g/mol. The number of rotatable bonds is 4. The minimum absolute atomic E-state index is 0.527. The molecule has 88 valence electrons. The van der Waals surface area contributed by atoms with Gasteiger partial charge >= 0.3 is 0 Å². The molecule has 0 radical (unpaired) electrons. The van der Waals surface area contributed by atoms with Crippen molar-refractivity contribution in [3.05, 3.63) is 59.1 Å². The molecule has 0 saturated carbocycles. The Morgan fingerprint density at radius 1 is 1.12 bits per heavy atom. The van der Waals surface area contributed by atoms with Crippen molar-refractivity contribution in [2.24, 2.45) is 0 Å². The number of benzene rings is 2. The van der Waals surface area contributed by atoms with Crippen LogP contribution in [0.4, 0.5) is 5.69 Å². The van der Waals surface area contributed by atoms with Crippen molar-refractivity contribution in [3.8, 4) is 5.75 Å². The average molecular weight is 248 g/mol. The Bertz CT molecular complexity index is 485. The molecule has 0 unspecified atom stereocenters. The van der Waals surface area contributed by atoms with E-state index in [4.69, 9.17) is 16.3 Å². The van der Waals surface area contributed by atoms with Crippen LogP contribution in [0.5, 0.6) is 5.75 Å². The minimum atomic E-state index is 0.527. The summed E-state index contributed by atoms with van der Waals surface area (Å²) in [6, 6.07) is 15.7. The minimum Gasteiger partial charge on any atom is -0.487 e. The number of hydrogen-bond acceptors (Lipinski definition) is 2. The highest BCUT2D eigenvalue weighted by molar-refractivity contribution is 6.32. The molecule has 3 heteroatoms. The van der Waals surface area contributed by atoms with Gasteiger partial charge in [-0.3, -0.25) is 0 Å². The van der Waals surface area contributed by atoms with Crippen molar-refractivity contribution in [1.29, 1.82) is 0 Å². The van der Waals surface area contributed by atoms with Gasteiger partial charge < -0.3 is 10.1 Å². The van der Waals surface area contributed by atoms with Gasteiger partial charge in [0.15, 0.2) is 0 Å². The van der Waals surface area contributed by atoms with Crippen LogP contribution < -0.4 is 10.1 Å². The summed E-state index contributed by atoms with van der Waals surface area (Å²) in [5.74, 6) is 0.703. The van der Waals surface area contributed by atoms with Gasteiger partial charge in [0.1, 0.15) is 12.4 Å². The lowest BCUT2D eigenvalue weighted by Gasteiger charge is -2.09. The van der Waals surface area contributed by atoms with Crippen LogP contribution in [0.3, 0.4) is 0 Å². The standard InChI is InChI=1S/C14H14ClNO/c1-16-12-7-8-14(13(15)9-12)17-10-11-5-3-2-4-6-11/h2-9,16H,10H2,1H3. The topological polar surface area (TPSA) is 21.3 Å². The molecule has 17 heavy (non-hydrogen) atoms. The molecule has 0 amide bonds. The summed E-state index contributed by atoms with van der Waals surface area (Å²) in [4.78, 5) is 0. The molecule has 0 bridgehead atoms.